The molecule has 0 aliphatic carbocycles. The number of aliphatic hydroxyl groups excluding tert-OH is 1. The summed E-state index contributed by atoms with van der Waals surface area (Å²) < 4.78 is 0. The van der Waals surface area contributed by atoms with E-state index >= 15 is 0 Å². The summed E-state index contributed by atoms with van der Waals surface area (Å²) >= 11 is 0. The van der Waals surface area contributed by atoms with Gasteiger partial charge in [-0.25, -0.2) is 0 Å². The molecule has 0 aromatic heterocycles. The van der Waals surface area contributed by atoms with Gasteiger partial charge in [-0.1, -0.05) is 37.3 Å². The van der Waals surface area contributed by atoms with Gasteiger partial charge < -0.3 is 15.3 Å². The molecule has 0 bridgehead atoms. The smallest absolute Gasteiger partial charge is 0.131 e. The van der Waals surface area contributed by atoms with Gasteiger partial charge in [0.2, 0.25) is 0 Å². The van der Waals surface area contributed by atoms with Crippen molar-refractivity contribution in [1.29, 1.82) is 5.26 Å². The topological polar surface area (TPSA) is 71.3 Å². The number of rotatable bonds is 6. The van der Waals surface area contributed by atoms with Crippen molar-refractivity contribution in [2.24, 2.45) is 0 Å². The van der Waals surface area contributed by atoms with Gasteiger partial charge in [-0.2, -0.15) is 5.26 Å². The highest BCUT2D eigenvalue weighted by molar-refractivity contribution is 5.34. The third-order valence-corrected chi connectivity index (χ3v) is 5.65. The number of allylic oxidation sites excluding steroid dienone is 6. The maximum atomic E-state index is 10.6. The van der Waals surface area contributed by atoms with Crippen LogP contribution in [0.1, 0.15) is 44.0 Å². The summed E-state index contributed by atoms with van der Waals surface area (Å²) in [6.07, 6.45) is 17.7. The number of aliphatic hydroxyl groups is 1. The average molecular weight is 403 g/mol. The van der Waals surface area contributed by atoms with Gasteiger partial charge in [0.05, 0.1) is 17.2 Å². The number of nitrogens with zero attached hydrogens (tertiary/aromatic N) is 2. The van der Waals surface area contributed by atoms with E-state index in [1.807, 2.05) is 12.3 Å². The molecule has 2 unspecified atom stereocenters. The summed E-state index contributed by atoms with van der Waals surface area (Å²) in [6.45, 7) is 5.71. The van der Waals surface area contributed by atoms with Crippen LogP contribution in [0, 0.1) is 11.3 Å². The Morgan fingerprint density at radius 3 is 3.00 bits per heavy atom. The first-order chi connectivity index (χ1) is 14.6. The molecule has 30 heavy (non-hydrogen) atoms. The lowest BCUT2D eigenvalue weighted by atomic mass is 9.85. The van der Waals surface area contributed by atoms with Crippen molar-refractivity contribution in [3.8, 4) is 6.07 Å². The Bertz CT molecular complexity index is 935. The minimum Gasteiger partial charge on any atom is -0.380 e. The van der Waals surface area contributed by atoms with E-state index in [1.54, 1.807) is 18.2 Å². The molecule has 2 atom stereocenters. The van der Waals surface area contributed by atoms with Gasteiger partial charge in [-0.05, 0) is 67.5 Å². The third kappa shape index (κ3) is 5.10. The SMILES string of the molecule is CCC1(CCNC(O)c2cccc(C#N)c2)N/C=C/C(C)=C\C=C\N2CC=CC=C21. The van der Waals surface area contributed by atoms with Crippen LogP contribution in [0.4, 0.5) is 0 Å². The van der Waals surface area contributed by atoms with Crippen LogP contribution >= 0.6 is 0 Å². The van der Waals surface area contributed by atoms with Gasteiger partial charge >= 0.3 is 0 Å². The molecule has 3 rings (SSSR count). The van der Waals surface area contributed by atoms with Crippen molar-refractivity contribution in [2.45, 2.75) is 38.5 Å². The van der Waals surface area contributed by atoms with E-state index < -0.39 is 6.23 Å². The Hall–Kier alpha value is -3.07. The van der Waals surface area contributed by atoms with Gasteiger partial charge in [-0.15, -0.1) is 0 Å². The molecule has 156 valence electrons. The minimum absolute atomic E-state index is 0.273. The second-order valence-electron chi connectivity index (χ2n) is 7.64. The lowest BCUT2D eigenvalue weighted by Gasteiger charge is -2.42. The molecular formula is C25H30N4O. The van der Waals surface area contributed by atoms with Crippen LogP contribution in [-0.4, -0.2) is 28.6 Å². The van der Waals surface area contributed by atoms with Gasteiger partial charge in [0.25, 0.3) is 0 Å². The first kappa shape index (κ1) is 21.6. The summed E-state index contributed by atoms with van der Waals surface area (Å²) in [5.41, 5.74) is 3.36. The Kier molecular flexibility index (Phi) is 7.29. The normalized spacial score (nSPS) is 25.6. The lowest BCUT2D eigenvalue weighted by molar-refractivity contribution is 0.134. The molecule has 0 spiro atoms. The fraction of sp³-hybridized carbons (Fsp3) is 0.320. The second-order valence-corrected chi connectivity index (χ2v) is 7.64. The molecule has 0 amide bonds. The number of nitriles is 1. The molecule has 1 aromatic rings. The molecule has 5 nitrogen and oxygen atoms in total. The Morgan fingerprint density at radius 1 is 1.33 bits per heavy atom. The fourth-order valence-electron chi connectivity index (χ4n) is 3.84. The average Bonchev–Trinajstić information content (AvgIpc) is 2.78. The predicted octanol–water partition coefficient (Wildman–Crippen LogP) is 4.01. The van der Waals surface area contributed by atoms with E-state index in [4.69, 9.17) is 5.26 Å². The largest absolute Gasteiger partial charge is 0.380 e. The van der Waals surface area contributed by atoms with Crippen molar-refractivity contribution in [2.75, 3.05) is 13.1 Å². The zero-order valence-electron chi connectivity index (χ0n) is 17.7. The van der Waals surface area contributed by atoms with Crippen LogP contribution in [0.15, 0.2) is 84.4 Å². The van der Waals surface area contributed by atoms with E-state index in [1.165, 1.54) is 11.3 Å². The van der Waals surface area contributed by atoms with E-state index in [0.717, 1.165) is 19.4 Å². The van der Waals surface area contributed by atoms with Gasteiger partial charge in [0.15, 0.2) is 0 Å². The molecule has 0 saturated carbocycles. The quantitative estimate of drug-likeness (QED) is 0.627. The first-order valence-electron chi connectivity index (χ1n) is 10.4. The zero-order chi connectivity index (χ0) is 21.4. The van der Waals surface area contributed by atoms with E-state index in [0.29, 0.717) is 17.7 Å². The number of fused-ring (bicyclic) bond motifs is 1. The molecule has 2 aliphatic heterocycles. The van der Waals surface area contributed by atoms with Crippen LogP contribution in [0.25, 0.3) is 0 Å². The Labute approximate surface area is 179 Å². The van der Waals surface area contributed by atoms with Crippen LogP contribution in [0.2, 0.25) is 0 Å². The third-order valence-electron chi connectivity index (χ3n) is 5.65. The zero-order valence-corrected chi connectivity index (χ0v) is 17.7. The summed E-state index contributed by atoms with van der Waals surface area (Å²) in [7, 11) is 0. The minimum atomic E-state index is -0.816. The highest BCUT2D eigenvalue weighted by atomic mass is 16.3. The van der Waals surface area contributed by atoms with Crippen molar-refractivity contribution < 1.29 is 5.11 Å². The van der Waals surface area contributed by atoms with E-state index in [-0.39, 0.29) is 5.54 Å². The van der Waals surface area contributed by atoms with Gasteiger partial charge in [0, 0.05) is 25.0 Å². The Morgan fingerprint density at radius 2 is 2.20 bits per heavy atom. The maximum Gasteiger partial charge on any atom is 0.131 e. The van der Waals surface area contributed by atoms with Crippen molar-refractivity contribution in [1.82, 2.24) is 15.5 Å². The predicted molar refractivity (Wildman–Crippen MR) is 121 cm³/mol. The first-order valence-corrected chi connectivity index (χ1v) is 10.4. The molecule has 2 aliphatic rings. The Balaban J connectivity index is 1.78. The number of hydrogen-bond acceptors (Lipinski definition) is 5. The highest BCUT2D eigenvalue weighted by Gasteiger charge is 2.34. The van der Waals surface area contributed by atoms with Crippen LogP contribution in [0.3, 0.4) is 0 Å². The summed E-state index contributed by atoms with van der Waals surface area (Å²) in [6, 6.07) is 9.19. The molecule has 5 heteroatoms. The van der Waals surface area contributed by atoms with Crippen molar-refractivity contribution in [3.05, 3.63) is 95.5 Å². The van der Waals surface area contributed by atoms with E-state index in [2.05, 4.69) is 78.1 Å². The lowest BCUT2D eigenvalue weighted by Crippen LogP contribution is -2.50. The summed E-state index contributed by atoms with van der Waals surface area (Å²) in [5.74, 6) is 0. The van der Waals surface area contributed by atoms with Crippen LogP contribution < -0.4 is 10.6 Å². The highest BCUT2D eigenvalue weighted by Crippen LogP contribution is 2.31. The molecular weight excluding hydrogens is 372 g/mol. The number of nitrogens with one attached hydrogen (secondary N) is 2. The maximum absolute atomic E-state index is 10.6. The molecule has 0 radical (unpaired) electrons. The fourth-order valence-corrected chi connectivity index (χ4v) is 3.84. The van der Waals surface area contributed by atoms with Crippen molar-refractivity contribution >= 4 is 0 Å². The number of hydrogen-bond donors (Lipinski definition) is 3. The monoisotopic (exact) mass is 402 g/mol. The van der Waals surface area contributed by atoms with Gasteiger partial charge in [0.1, 0.15) is 6.23 Å². The second kappa shape index (κ2) is 10.1. The van der Waals surface area contributed by atoms with E-state index in [9.17, 15) is 5.11 Å². The van der Waals surface area contributed by atoms with Crippen LogP contribution in [0.5, 0.6) is 0 Å². The standard InChI is InChI=1S/C25H30N4O/c1-3-25(13-15-27-24(30)22-10-6-9-21(18-22)19-26)23-11-4-5-16-29(23)17-7-8-20(2)12-14-28-25/h4-12,14,17-18,24,27-28,30H,3,13,15-16H2,1-2H3/b14-12+,17-7+,20-8-. The summed E-state index contributed by atoms with van der Waals surface area (Å²) in [5, 5.41) is 26.5. The van der Waals surface area contributed by atoms with Gasteiger partial charge in [-0.3, -0.25) is 5.32 Å². The molecule has 1 aromatic carbocycles. The summed E-state index contributed by atoms with van der Waals surface area (Å²) in [4.78, 5) is 2.27. The van der Waals surface area contributed by atoms with Crippen molar-refractivity contribution in [3.63, 3.8) is 0 Å². The number of benzene rings is 1. The molecule has 0 saturated heterocycles. The van der Waals surface area contributed by atoms with Crippen LogP contribution in [-0.2, 0) is 0 Å². The molecule has 0 fully saturated rings. The molecule has 3 N–H and O–H groups in total. The molecule has 2 heterocycles.